The van der Waals surface area contributed by atoms with E-state index in [9.17, 15) is 4.79 Å². The normalized spacial score (nSPS) is 21.8. The first-order chi connectivity index (χ1) is 6.25. The third kappa shape index (κ3) is 3.19. The Morgan fingerprint density at radius 2 is 2.46 bits per heavy atom. The average Bonchev–Trinajstić information content (AvgIpc) is 2.65. The standard InChI is InChI=1S/C9H18N2OS/c1-11(8-4-6-13-7-8)9(12)3-2-5-10/h8H,2-7,10H2,1H3. The molecule has 0 saturated carbocycles. The van der Waals surface area contributed by atoms with E-state index in [4.69, 9.17) is 5.73 Å². The molecular weight excluding hydrogens is 184 g/mol. The molecule has 0 aromatic heterocycles. The molecule has 4 heteroatoms. The molecule has 1 saturated heterocycles. The van der Waals surface area contributed by atoms with E-state index in [1.165, 1.54) is 5.75 Å². The number of nitrogens with two attached hydrogens (primary N) is 1. The van der Waals surface area contributed by atoms with Crippen LogP contribution in [-0.4, -0.2) is 41.9 Å². The van der Waals surface area contributed by atoms with E-state index in [2.05, 4.69) is 0 Å². The molecule has 1 aliphatic heterocycles. The van der Waals surface area contributed by atoms with Crippen LogP contribution in [0.2, 0.25) is 0 Å². The van der Waals surface area contributed by atoms with Crippen molar-refractivity contribution >= 4 is 17.7 Å². The lowest BCUT2D eigenvalue weighted by Crippen LogP contribution is -2.37. The van der Waals surface area contributed by atoms with Gasteiger partial charge in [0.2, 0.25) is 5.91 Å². The van der Waals surface area contributed by atoms with Gasteiger partial charge in [-0.25, -0.2) is 0 Å². The average molecular weight is 202 g/mol. The van der Waals surface area contributed by atoms with E-state index in [0.717, 1.165) is 18.6 Å². The molecule has 1 amide bonds. The van der Waals surface area contributed by atoms with Crippen LogP contribution in [0, 0.1) is 0 Å². The molecule has 13 heavy (non-hydrogen) atoms. The fraction of sp³-hybridized carbons (Fsp3) is 0.889. The molecule has 1 aliphatic rings. The highest BCUT2D eigenvalue weighted by Crippen LogP contribution is 2.21. The second-order valence-corrected chi connectivity index (χ2v) is 4.56. The van der Waals surface area contributed by atoms with Gasteiger partial charge in [-0.3, -0.25) is 4.79 Å². The molecule has 76 valence electrons. The summed E-state index contributed by atoms with van der Waals surface area (Å²) < 4.78 is 0. The molecule has 0 radical (unpaired) electrons. The highest BCUT2D eigenvalue weighted by molar-refractivity contribution is 7.99. The number of hydrogen-bond acceptors (Lipinski definition) is 3. The second kappa shape index (κ2) is 5.50. The zero-order chi connectivity index (χ0) is 9.68. The van der Waals surface area contributed by atoms with E-state index in [1.54, 1.807) is 0 Å². The maximum absolute atomic E-state index is 11.6. The molecule has 1 fully saturated rings. The summed E-state index contributed by atoms with van der Waals surface area (Å²) in [4.78, 5) is 13.4. The van der Waals surface area contributed by atoms with E-state index in [0.29, 0.717) is 19.0 Å². The molecule has 0 bridgehead atoms. The summed E-state index contributed by atoms with van der Waals surface area (Å²) in [7, 11) is 1.91. The lowest BCUT2D eigenvalue weighted by molar-refractivity contribution is -0.131. The Bertz CT molecular complexity index is 169. The Labute approximate surface area is 84.0 Å². The summed E-state index contributed by atoms with van der Waals surface area (Å²) in [6.45, 7) is 0.610. The highest BCUT2D eigenvalue weighted by atomic mass is 32.2. The minimum absolute atomic E-state index is 0.248. The van der Waals surface area contributed by atoms with Crippen molar-refractivity contribution in [1.82, 2.24) is 4.90 Å². The molecule has 1 heterocycles. The third-order valence-corrected chi connectivity index (χ3v) is 3.59. The number of nitrogens with zero attached hydrogens (tertiary/aromatic N) is 1. The first kappa shape index (κ1) is 10.9. The first-order valence-corrected chi connectivity index (χ1v) is 5.94. The van der Waals surface area contributed by atoms with Gasteiger partial charge in [0.25, 0.3) is 0 Å². The second-order valence-electron chi connectivity index (χ2n) is 3.41. The Hall–Kier alpha value is -0.220. The number of rotatable bonds is 4. The highest BCUT2D eigenvalue weighted by Gasteiger charge is 2.22. The van der Waals surface area contributed by atoms with Crippen LogP contribution < -0.4 is 5.73 Å². The Morgan fingerprint density at radius 1 is 1.69 bits per heavy atom. The molecule has 1 unspecified atom stereocenters. The lowest BCUT2D eigenvalue weighted by Gasteiger charge is -2.23. The van der Waals surface area contributed by atoms with Crippen molar-refractivity contribution in [3.05, 3.63) is 0 Å². The molecule has 0 spiro atoms. The smallest absolute Gasteiger partial charge is 0.222 e. The van der Waals surface area contributed by atoms with Gasteiger partial charge in [-0.05, 0) is 25.1 Å². The maximum Gasteiger partial charge on any atom is 0.222 e. The maximum atomic E-state index is 11.6. The van der Waals surface area contributed by atoms with Crippen LogP contribution in [0.5, 0.6) is 0 Å². The van der Waals surface area contributed by atoms with Gasteiger partial charge in [-0.2, -0.15) is 11.8 Å². The van der Waals surface area contributed by atoms with Gasteiger partial charge in [0.05, 0.1) is 0 Å². The largest absolute Gasteiger partial charge is 0.342 e. The summed E-state index contributed by atoms with van der Waals surface area (Å²) in [6.07, 6.45) is 2.56. The Morgan fingerprint density at radius 3 is 3.00 bits per heavy atom. The molecular formula is C9H18N2OS. The van der Waals surface area contributed by atoms with E-state index in [1.807, 2.05) is 23.7 Å². The zero-order valence-corrected chi connectivity index (χ0v) is 8.98. The molecule has 1 atom stereocenters. The molecule has 0 aliphatic carbocycles. The fourth-order valence-electron chi connectivity index (χ4n) is 1.46. The number of carbonyl (C=O) groups excluding carboxylic acids is 1. The predicted molar refractivity (Wildman–Crippen MR) is 56.8 cm³/mol. The van der Waals surface area contributed by atoms with Crippen molar-refractivity contribution in [2.45, 2.75) is 25.3 Å². The first-order valence-electron chi connectivity index (χ1n) is 4.79. The van der Waals surface area contributed by atoms with Crippen LogP contribution in [0.25, 0.3) is 0 Å². The van der Waals surface area contributed by atoms with Crippen LogP contribution in [0.1, 0.15) is 19.3 Å². The minimum atomic E-state index is 0.248. The van der Waals surface area contributed by atoms with Crippen LogP contribution in [0.15, 0.2) is 0 Å². The Balaban J connectivity index is 2.28. The minimum Gasteiger partial charge on any atom is -0.342 e. The van der Waals surface area contributed by atoms with Crippen molar-refractivity contribution in [3.63, 3.8) is 0 Å². The van der Waals surface area contributed by atoms with E-state index in [-0.39, 0.29) is 5.91 Å². The lowest BCUT2D eigenvalue weighted by atomic mass is 10.2. The van der Waals surface area contributed by atoms with Crippen LogP contribution in [0.3, 0.4) is 0 Å². The molecule has 0 aromatic rings. The van der Waals surface area contributed by atoms with Crippen molar-refractivity contribution in [2.75, 3.05) is 25.1 Å². The van der Waals surface area contributed by atoms with E-state index < -0.39 is 0 Å². The summed E-state index contributed by atoms with van der Waals surface area (Å²) in [5.74, 6) is 2.54. The molecule has 1 rings (SSSR count). The van der Waals surface area contributed by atoms with Crippen molar-refractivity contribution in [1.29, 1.82) is 0 Å². The number of hydrogen-bond donors (Lipinski definition) is 1. The molecule has 2 N–H and O–H groups in total. The summed E-state index contributed by atoms with van der Waals surface area (Å²) in [5.41, 5.74) is 5.36. The van der Waals surface area contributed by atoms with Gasteiger partial charge >= 0.3 is 0 Å². The predicted octanol–water partition coefficient (Wildman–Crippen LogP) is 0.689. The monoisotopic (exact) mass is 202 g/mol. The summed E-state index contributed by atoms with van der Waals surface area (Å²) in [5, 5.41) is 0. The van der Waals surface area contributed by atoms with Gasteiger partial charge in [-0.1, -0.05) is 0 Å². The summed E-state index contributed by atoms with van der Waals surface area (Å²) in [6, 6.07) is 0.468. The van der Waals surface area contributed by atoms with Gasteiger partial charge in [0.1, 0.15) is 0 Å². The topological polar surface area (TPSA) is 46.3 Å². The fourth-order valence-corrected chi connectivity index (χ4v) is 2.73. The molecule has 3 nitrogen and oxygen atoms in total. The zero-order valence-electron chi connectivity index (χ0n) is 8.16. The van der Waals surface area contributed by atoms with Gasteiger partial charge in [0, 0.05) is 25.3 Å². The number of thioether (sulfide) groups is 1. The Kier molecular flexibility index (Phi) is 4.59. The van der Waals surface area contributed by atoms with Crippen LogP contribution in [0.4, 0.5) is 0 Å². The van der Waals surface area contributed by atoms with Gasteiger partial charge in [0.15, 0.2) is 0 Å². The van der Waals surface area contributed by atoms with Gasteiger partial charge in [-0.15, -0.1) is 0 Å². The van der Waals surface area contributed by atoms with Crippen LogP contribution in [-0.2, 0) is 4.79 Å². The quantitative estimate of drug-likeness (QED) is 0.729. The van der Waals surface area contributed by atoms with Crippen LogP contribution >= 0.6 is 11.8 Å². The number of carbonyl (C=O) groups is 1. The molecule has 0 aromatic carbocycles. The van der Waals surface area contributed by atoms with Crippen molar-refractivity contribution in [3.8, 4) is 0 Å². The van der Waals surface area contributed by atoms with Crippen molar-refractivity contribution < 1.29 is 4.79 Å². The van der Waals surface area contributed by atoms with E-state index >= 15 is 0 Å². The summed E-state index contributed by atoms with van der Waals surface area (Å²) >= 11 is 1.93. The third-order valence-electron chi connectivity index (χ3n) is 2.44. The van der Waals surface area contributed by atoms with Crippen molar-refractivity contribution in [2.24, 2.45) is 5.73 Å². The SMILES string of the molecule is CN(C(=O)CCCN)C1CCSC1. The number of amides is 1. The van der Waals surface area contributed by atoms with Gasteiger partial charge < -0.3 is 10.6 Å².